The number of hydrogen-bond donors (Lipinski definition) is 1. The van der Waals surface area contributed by atoms with Crippen molar-refractivity contribution in [2.75, 3.05) is 54.1 Å². The van der Waals surface area contributed by atoms with Gasteiger partial charge in [-0.2, -0.15) is 0 Å². The number of likely N-dealkylation sites (N-methyl/N-ethyl adjacent to an activating group) is 1. The van der Waals surface area contributed by atoms with Crippen molar-refractivity contribution in [1.29, 1.82) is 0 Å². The fourth-order valence-corrected chi connectivity index (χ4v) is 7.63. The molecular weight excluding hydrogens is 590 g/mol. The van der Waals surface area contributed by atoms with Crippen LogP contribution in [0, 0.1) is 12.7 Å². The van der Waals surface area contributed by atoms with Gasteiger partial charge in [0.1, 0.15) is 17.3 Å². The number of thiophene rings is 1. The highest BCUT2D eigenvalue weighted by Crippen LogP contribution is 2.42. The first-order valence-corrected chi connectivity index (χ1v) is 16.3. The molecule has 2 amide bonds. The van der Waals surface area contributed by atoms with Crippen LogP contribution in [-0.2, 0) is 16.4 Å². The fraction of sp³-hybridized carbons (Fsp3) is 0.258. The number of pyridine rings is 1. The van der Waals surface area contributed by atoms with Gasteiger partial charge in [-0.1, -0.05) is 36.4 Å². The lowest BCUT2D eigenvalue weighted by molar-refractivity contribution is 0.0981. The van der Waals surface area contributed by atoms with E-state index in [2.05, 4.69) is 10.3 Å². The summed E-state index contributed by atoms with van der Waals surface area (Å²) in [7, 11) is -1.75. The average molecular weight is 620 g/mol. The van der Waals surface area contributed by atoms with Gasteiger partial charge in [-0.15, -0.1) is 11.3 Å². The number of rotatable bonds is 4. The molecule has 2 aromatic carbocycles. The normalized spacial score (nSPS) is 16.5. The first kappa shape index (κ1) is 29.0. The van der Waals surface area contributed by atoms with Crippen molar-refractivity contribution >= 4 is 50.4 Å². The van der Waals surface area contributed by atoms with Crippen LogP contribution >= 0.6 is 11.3 Å². The lowest BCUT2D eigenvalue weighted by Crippen LogP contribution is -2.34. The molecule has 0 aliphatic carbocycles. The number of nitrogens with zero attached hydrogens (tertiary/aromatic N) is 4. The number of halogens is 1. The number of para-hydroxylation sites is 2. The van der Waals surface area contributed by atoms with Crippen LogP contribution in [0.3, 0.4) is 0 Å². The molecule has 2 aliphatic rings. The third-order valence-electron chi connectivity index (χ3n) is 7.84. The molecule has 0 radical (unpaired) electrons. The maximum Gasteiger partial charge on any atom is 0.276 e. The van der Waals surface area contributed by atoms with Crippen molar-refractivity contribution in [2.45, 2.75) is 13.3 Å². The monoisotopic (exact) mass is 619 g/mol. The first-order valence-electron chi connectivity index (χ1n) is 13.9. The zero-order chi connectivity index (χ0) is 30.3. The van der Waals surface area contributed by atoms with Crippen molar-refractivity contribution < 1.29 is 22.4 Å². The van der Waals surface area contributed by atoms with Gasteiger partial charge in [-0.05, 0) is 54.8 Å². The lowest BCUT2D eigenvalue weighted by Gasteiger charge is -2.24. The van der Waals surface area contributed by atoms with E-state index < -0.39 is 15.8 Å². The van der Waals surface area contributed by atoms with E-state index in [0.29, 0.717) is 48.0 Å². The predicted molar refractivity (Wildman–Crippen MR) is 167 cm³/mol. The van der Waals surface area contributed by atoms with Crippen LogP contribution in [-0.4, -0.2) is 68.5 Å². The number of anilines is 3. The molecule has 4 heterocycles. The molecule has 0 saturated carbocycles. The summed E-state index contributed by atoms with van der Waals surface area (Å²) in [5.74, 6) is -0.607. The minimum Gasteiger partial charge on any atom is -0.354 e. The highest BCUT2D eigenvalue weighted by atomic mass is 32.2. The van der Waals surface area contributed by atoms with Crippen molar-refractivity contribution in [3.63, 3.8) is 0 Å². The Hall–Kier alpha value is -4.13. The standard InChI is InChI=1S/C31H30FN5O4S2/c1-20-7-5-9-23(32)28(20)34-30(38)26-19-21-13-14-37(25-11-4-3-8-22(25)29(21)42-26)31(39)24-10-6-12-27(33-24)36-16-15-35(2)43(40,41)18-17-36/h3-12,19H,13-18H2,1-2H3,(H,34,38). The van der Waals surface area contributed by atoms with E-state index in [1.54, 1.807) is 49.2 Å². The van der Waals surface area contributed by atoms with Gasteiger partial charge in [0, 0.05) is 43.7 Å². The molecule has 9 nitrogen and oxygen atoms in total. The summed E-state index contributed by atoms with van der Waals surface area (Å²) in [5.41, 5.74) is 3.53. The highest BCUT2D eigenvalue weighted by molar-refractivity contribution is 7.89. The predicted octanol–water partition coefficient (Wildman–Crippen LogP) is 4.79. The summed E-state index contributed by atoms with van der Waals surface area (Å²) in [6.45, 7) is 3.21. The number of nitrogens with one attached hydrogen (secondary N) is 1. The van der Waals surface area contributed by atoms with Gasteiger partial charge >= 0.3 is 0 Å². The van der Waals surface area contributed by atoms with E-state index in [1.807, 2.05) is 35.2 Å². The molecule has 0 spiro atoms. The number of fused-ring (bicyclic) bond motifs is 3. The molecule has 1 fully saturated rings. The Morgan fingerprint density at radius 2 is 1.77 bits per heavy atom. The quantitative estimate of drug-likeness (QED) is 0.352. The maximum atomic E-state index is 14.4. The van der Waals surface area contributed by atoms with Crippen LogP contribution in [0.4, 0.5) is 21.6 Å². The topological polar surface area (TPSA) is 103 Å². The number of aromatic nitrogens is 1. The summed E-state index contributed by atoms with van der Waals surface area (Å²) in [4.78, 5) is 36.7. The zero-order valence-electron chi connectivity index (χ0n) is 23.7. The Morgan fingerprint density at radius 3 is 2.58 bits per heavy atom. The Kier molecular flexibility index (Phi) is 7.75. The molecule has 4 aromatic rings. The third-order valence-corrected chi connectivity index (χ3v) is 10.9. The van der Waals surface area contributed by atoms with E-state index in [4.69, 9.17) is 0 Å². The van der Waals surface area contributed by atoms with Gasteiger partial charge in [0.15, 0.2) is 0 Å². The number of amides is 2. The number of carbonyl (C=O) groups excluding carboxylic acids is 2. The van der Waals surface area contributed by atoms with Crippen LogP contribution in [0.5, 0.6) is 0 Å². The molecule has 0 unspecified atom stereocenters. The molecule has 0 atom stereocenters. The molecule has 1 saturated heterocycles. The number of sulfonamides is 1. The number of aryl methyl sites for hydroxylation is 1. The second-order valence-electron chi connectivity index (χ2n) is 10.6. The highest BCUT2D eigenvalue weighted by Gasteiger charge is 2.29. The molecule has 1 N–H and O–H groups in total. The van der Waals surface area contributed by atoms with Gasteiger partial charge < -0.3 is 15.1 Å². The van der Waals surface area contributed by atoms with Crippen LogP contribution in [0.15, 0.2) is 66.7 Å². The molecule has 222 valence electrons. The van der Waals surface area contributed by atoms with Crippen molar-refractivity contribution in [2.24, 2.45) is 0 Å². The minimum atomic E-state index is -3.32. The smallest absolute Gasteiger partial charge is 0.276 e. The van der Waals surface area contributed by atoms with E-state index in [1.165, 1.54) is 21.7 Å². The Morgan fingerprint density at radius 1 is 0.977 bits per heavy atom. The van der Waals surface area contributed by atoms with Gasteiger partial charge in [-0.3, -0.25) is 9.59 Å². The van der Waals surface area contributed by atoms with E-state index in [0.717, 1.165) is 16.0 Å². The summed E-state index contributed by atoms with van der Waals surface area (Å²) < 4.78 is 40.4. The zero-order valence-corrected chi connectivity index (χ0v) is 25.3. The number of hydrogen-bond acceptors (Lipinski definition) is 7. The average Bonchev–Trinajstić information content (AvgIpc) is 3.30. The van der Waals surface area contributed by atoms with Crippen LogP contribution in [0.25, 0.3) is 10.4 Å². The minimum absolute atomic E-state index is 0.0226. The third kappa shape index (κ3) is 5.65. The van der Waals surface area contributed by atoms with Crippen LogP contribution in [0.2, 0.25) is 0 Å². The summed E-state index contributed by atoms with van der Waals surface area (Å²) >= 11 is 1.32. The Labute approximate surface area is 253 Å². The molecule has 43 heavy (non-hydrogen) atoms. The fourth-order valence-electron chi connectivity index (χ4n) is 5.36. The number of carbonyl (C=O) groups is 2. The molecular formula is C31H30FN5O4S2. The van der Waals surface area contributed by atoms with Gasteiger partial charge in [0.25, 0.3) is 11.8 Å². The Bertz CT molecular complexity index is 1820. The van der Waals surface area contributed by atoms with Crippen LogP contribution in [0.1, 0.15) is 31.3 Å². The van der Waals surface area contributed by atoms with Gasteiger partial charge in [0.2, 0.25) is 10.0 Å². The molecule has 2 aliphatic heterocycles. The van der Waals surface area contributed by atoms with E-state index >= 15 is 0 Å². The SMILES string of the molecule is Cc1cccc(F)c1NC(=O)c1cc2c(s1)-c1ccccc1N(C(=O)c1cccc(N3CCN(C)S(=O)(=O)CC3)n1)CC2. The van der Waals surface area contributed by atoms with E-state index in [-0.39, 0.29) is 35.5 Å². The molecule has 2 aromatic heterocycles. The van der Waals surface area contributed by atoms with Crippen molar-refractivity contribution in [3.8, 4) is 10.4 Å². The number of benzene rings is 2. The lowest BCUT2D eigenvalue weighted by atomic mass is 10.1. The van der Waals surface area contributed by atoms with Gasteiger partial charge in [-0.25, -0.2) is 22.1 Å². The van der Waals surface area contributed by atoms with Crippen molar-refractivity contribution in [3.05, 3.63) is 94.2 Å². The van der Waals surface area contributed by atoms with Crippen molar-refractivity contribution in [1.82, 2.24) is 9.29 Å². The maximum absolute atomic E-state index is 14.4. The summed E-state index contributed by atoms with van der Waals surface area (Å²) in [5, 5.41) is 2.72. The first-order chi connectivity index (χ1) is 20.6. The summed E-state index contributed by atoms with van der Waals surface area (Å²) in [6.07, 6.45) is 0.508. The second-order valence-corrected chi connectivity index (χ2v) is 13.8. The molecule has 12 heteroatoms. The summed E-state index contributed by atoms with van der Waals surface area (Å²) in [6, 6.07) is 19.3. The van der Waals surface area contributed by atoms with Crippen LogP contribution < -0.4 is 15.1 Å². The molecule has 0 bridgehead atoms. The largest absolute Gasteiger partial charge is 0.354 e. The van der Waals surface area contributed by atoms with Gasteiger partial charge in [0.05, 0.1) is 22.0 Å². The molecule has 6 rings (SSSR count). The Balaban J connectivity index is 1.27. The second kappa shape index (κ2) is 11.5. The van der Waals surface area contributed by atoms with E-state index in [9.17, 15) is 22.4 Å².